The van der Waals surface area contributed by atoms with Crippen molar-refractivity contribution < 1.29 is 14.3 Å². The zero-order valence-corrected chi connectivity index (χ0v) is 9.44. The number of carboxylic acids is 1. The number of aromatic nitrogens is 2. The number of carboxylic acid groups (broad SMARTS) is 1. The average Bonchev–Trinajstić information content (AvgIpc) is 2.58. The maximum Gasteiger partial charge on any atom is 0.338 e. The SMILES string of the molecule is Cc1cc(C)n(-c2ccc(F)c(C(=O)O)c2)n1. The average molecular weight is 234 g/mol. The van der Waals surface area contributed by atoms with Crippen LogP contribution in [0.2, 0.25) is 0 Å². The van der Waals surface area contributed by atoms with E-state index in [1.165, 1.54) is 12.1 Å². The lowest BCUT2D eigenvalue weighted by atomic mass is 10.2. The molecule has 1 aromatic heterocycles. The second-order valence-electron chi connectivity index (χ2n) is 3.81. The first kappa shape index (κ1) is 11.3. The minimum absolute atomic E-state index is 0.352. The predicted molar refractivity (Wildman–Crippen MR) is 60.0 cm³/mol. The topological polar surface area (TPSA) is 55.1 Å². The van der Waals surface area contributed by atoms with E-state index in [0.717, 1.165) is 17.5 Å². The van der Waals surface area contributed by atoms with Crippen molar-refractivity contribution in [3.05, 3.63) is 47.0 Å². The number of aromatic carboxylic acids is 1. The van der Waals surface area contributed by atoms with Gasteiger partial charge < -0.3 is 5.11 Å². The van der Waals surface area contributed by atoms with Crippen LogP contribution in [0.1, 0.15) is 21.7 Å². The summed E-state index contributed by atoms with van der Waals surface area (Å²) in [7, 11) is 0. The highest BCUT2D eigenvalue weighted by Crippen LogP contribution is 2.16. The van der Waals surface area contributed by atoms with Gasteiger partial charge in [-0.1, -0.05) is 0 Å². The molecule has 1 N–H and O–H groups in total. The molecule has 88 valence electrons. The van der Waals surface area contributed by atoms with Gasteiger partial charge in [-0.25, -0.2) is 13.9 Å². The van der Waals surface area contributed by atoms with E-state index in [1.807, 2.05) is 19.9 Å². The van der Waals surface area contributed by atoms with Crippen molar-refractivity contribution in [2.45, 2.75) is 13.8 Å². The van der Waals surface area contributed by atoms with Gasteiger partial charge in [0.05, 0.1) is 16.9 Å². The van der Waals surface area contributed by atoms with Gasteiger partial charge in [0.25, 0.3) is 0 Å². The van der Waals surface area contributed by atoms with Gasteiger partial charge in [-0.3, -0.25) is 0 Å². The molecule has 0 bridgehead atoms. The molecule has 0 fully saturated rings. The first-order chi connectivity index (χ1) is 7.99. The Kier molecular flexibility index (Phi) is 2.67. The summed E-state index contributed by atoms with van der Waals surface area (Å²) in [6.45, 7) is 3.69. The van der Waals surface area contributed by atoms with Gasteiger partial charge in [0.15, 0.2) is 0 Å². The molecule has 2 rings (SSSR count). The zero-order chi connectivity index (χ0) is 12.6. The molecule has 0 radical (unpaired) electrons. The molecule has 4 nitrogen and oxygen atoms in total. The van der Waals surface area contributed by atoms with Gasteiger partial charge in [0.1, 0.15) is 5.82 Å². The largest absolute Gasteiger partial charge is 0.478 e. The van der Waals surface area contributed by atoms with Crippen molar-refractivity contribution in [2.24, 2.45) is 0 Å². The summed E-state index contributed by atoms with van der Waals surface area (Å²) in [6, 6.07) is 5.78. The van der Waals surface area contributed by atoms with E-state index in [4.69, 9.17) is 5.11 Å². The van der Waals surface area contributed by atoms with Crippen LogP contribution in [0.25, 0.3) is 5.69 Å². The van der Waals surface area contributed by atoms with Crippen molar-refractivity contribution in [2.75, 3.05) is 0 Å². The maximum absolute atomic E-state index is 13.2. The Balaban J connectivity index is 2.57. The van der Waals surface area contributed by atoms with E-state index in [0.29, 0.717) is 5.69 Å². The Morgan fingerprint density at radius 1 is 1.35 bits per heavy atom. The molecule has 0 aliphatic carbocycles. The van der Waals surface area contributed by atoms with E-state index in [-0.39, 0.29) is 5.56 Å². The number of benzene rings is 1. The van der Waals surface area contributed by atoms with E-state index in [2.05, 4.69) is 5.10 Å². The fourth-order valence-corrected chi connectivity index (χ4v) is 1.70. The zero-order valence-electron chi connectivity index (χ0n) is 9.44. The normalized spacial score (nSPS) is 10.5. The van der Waals surface area contributed by atoms with E-state index < -0.39 is 11.8 Å². The molecule has 17 heavy (non-hydrogen) atoms. The number of nitrogens with zero attached hydrogens (tertiary/aromatic N) is 2. The van der Waals surface area contributed by atoms with Gasteiger partial charge in [0, 0.05) is 5.69 Å². The summed E-state index contributed by atoms with van der Waals surface area (Å²) in [6.07, 6.45) is 0. The van der Waals surface area contributed by atoms with E-state index >= 15 is 0 Å². The molecule has 5 heteroatoms. The molecule has 0 amide bonds. The van der Waals surface area contributed by atoms with Crippen molar-refractivity contribution in [3.63, 3.8) is 0 Å². The highest BCUT2D eigenvalue weighted by atomic mass is 19.1. The summed E-state index contributed by atoms with van der Waals surface area (Å²) in [5.41, 5.74) is 1.87. The number of hydrogen-bond acceptors (Lipinski definition) is 2. The fourth-order valence-electron chi connectivity index (χ4n) is 1.70. The Morgan fingerprint density at radius 2 is 2.06 bits per heavy atom. The molecule has 0 spiro atoms. The lowest BCUT2D eigenvalue weighted by Gasteiger charge is -2.06. The van der Waals surface area contributed by atoms with Gasteiger partial charge in [-0.2, -0.15) is 5.10 Å². The van der Waals surface area contributed by atoms with Crippen molar-refractivity contribution in [1.82, 2.24) is 9.78 Å². The second kappa shape index (κ2) is 4.01. The summed E-state index contributed by atoms with van der Waals surface area (Å²) in [5.74, 6) is -2.03. The first-order valence-corrected chi connectivity index (χ1v) is 5.05. The number of hydrogen-bond donors (Lipinski definition) is 1. The maximum atomic E-state index is 13.2. The summed E-state index contributed by atoms with van der Waals surface area (Å²) in [5, 5.41) is 13.1. The molecule has 2 aromatic rings. The minimum atomic E-state index is -1.29. The third-order valence-corrected chi connectivity index (χ3v) is 2.43. The highest BCUT2D eigenvalue weighted by Gasteiger charge is 2.12. The molecule has 0 saturated heterocycles. The van der Waals surface area contributed by atoms with Crippen LogP contribution in [0.15, 0.2) is 24.3 Å². The number of carbonyl (C=O) groups is 1. The summed E-state index contributed by atoms with van der Waals surface area (Å²) >= 11 is 0. The standard InChI is InChI=1S/C12H11FN2O2/c1-7-5-8(2)15(14-7)9-3-4-11(13)10(6-9)12(16)17/h3-6H,1-2H3,(H,16,17). The number of aryl methyl sites for hydroxylation is 2. The number of halogens is 1. The lowest BCUT2D eigenvalue weighted by Crippen LogP contribution is -2.05. The van der Waals surface area contributed by atoms with Crippen LogP contribution in [0.4, 0.5) is 4.39 Å². The van der Waals surface area contributed by atoms with Crippen LogP contribution in [-0.4, -0.2) is 20.9 Å². The smallest absolute Gasteiger partial charge is 0.338 e. The van der Waals surface area contributed by atoms with Gasteiger partial charge in [-0.05, 0) is 38.1 Å². The van der Waals surface area contributed by atoms with Crippen LogP contribution in [-0.2, 0) is 0 Å². The minimum Gasteiger partial charge on any atom is -0.478 e. The second-order valence-corrected chi connectivity index (χ2v) is 3.81. The van der Waals surface area contributed by atoms with E-state index in [1.54, 1.807) is 4.68 Å². The summed E-state index contributed by atoms with van der Waals surface area (Å²) < 4.78 is 14.8. The quantitative estimate of drug-likeness (QED) is 0.867. The predicted octanol–water partition coefficient (Wildman–Crippen LogP) is 2.33. The van der Waals surface area contributed by atoms with Crippen molar-refractivity contribution >= 4 is 5.97 Å². The third-order valence-electron chi connectivity index (χ3n) is 2.43. The van der Waals surface area contributed by atoms with Crippen LogP contribution in [0, 0.1) is 19.7 Å². The molecular formula is C12H11FN2O2. The van der Waals surface area contributed by atoms with Crippen LogP contribution in [0.3, 0.4) is 0 Å². The Bertz CT molecular complexity index is 590. The molecule has 1 heterocycles. The first-order valence-electron chi connectivity index (χ1n) is 5.05. The monoisotopic (exact) mass is 234 g/mol. The molecule has 0 unspecified atom stereocenters. The Labute approximate surface area is 97.3 Å². The van der Waals surface area contributed by atoms with Crippen molar-refractivity contribution in [1.29, 1.82) is 0 Å². The lowest BCUT2D eigenvalue weighted by molar-refractivity contribution is 0.0692. The van der Waals surface area contributed by atoms with Crippen molar-refractivity contribution in [3.8, 4) is 5.69 Å². The van der Waals surface area contributed by atoms with Crippen LogP contribution >= 0.6 is 0 Å². The molecule has 0 aliphatic heterocycles. The van der Waals surface area contributed by atoms with Crippen LogP contribution < -0.4 is 0 Å². The highest BCUT2D eigenvalue weighted by molar-refractivity contribution is 5.88. The molecule has 0 atom stereocenters. The Morgan fingerprint density at radius 3 is 2.59 bits per heavy atom. The third kappa shape index (κ3) is 2.04. The molecule has 1 aromatic carbocycles. The van der Waals surface area contributed by atoms with E-state index in [9.17, 15) is 9.18 Å². The molecular weight excluding hydrogens is 223 g/mol. The molecule has 0 aliphatic rings. The van der Waals surface area contributed by atoms with Gasteiger partial charge in [0.2, 0.25) is 0 Å². The fraction of sp³-hybridized carbons (Fsp3) is 0.167. The van der Waals surface area contributed by atoms with Crippen LogP contribution in [0.5, 0.6) is 0 Å². The van der Waals surface area contributed by atoms with Gasteiger partial charge in [-0.15, -0.1) is 0 Å². The number of rotatable bonds is 2. The molecule has 0 saturated carbocycles. The van der Waals surface area contributed by atoms with Gasteiger partial charge >= 0.3 is 5.97 Å². The summed E-state index contributed by atoms with van der Waals surface area (Å²) in [4.78, 5) is 10.8. The Hall–Kier alpha value is -2.17.